The van der Waals surface area contributed by atoms with E-state index in [1.807, 2.05) is 18.4 Å². The molecule has 0 radical (unpaired) electrons. The highest BCUT2D eigenvalue weighted by Crippen LogP contribution is 2.16. The number of esters is 1. The van der Waals surface area contributed by atoms with Gasteiger partial charge in [-0.2, -0.15) is 4.68 Å². The third kappa shape index (κ3) is 3.13. The number of thiophene rings is 1. The van der Waals surface area contributed by atoms with Gasteiger partial charge in [0.1, 0.15) is 11.5 Å². The second kappa shape index (κ2) is 5.57. The average molecular weight is 282 g/mol. The Kier molecular flexibility index (Phi) is 3.85. The van der Waals surface area contributed by atoms with Crippen molar-refractivity contribution < 1.29 is 14.5 Å². The van der Waals surface area contributed by atoms with Crippen molar-refractivity contribution in [3.63, 3.8) is 0 Å². The van der Waals surface area contributed by atoms with E-state index in [9.17, 15) is 14.9 Å². The number of ether oxygens (including phenoxy) is 1. The first-order valence-corrected chi connectivity index (χ1v) is 6.21. The summed E-state index contributed by atoms with van der Waals surface area (Å²) in [5.41, 5.74) is 0.867. The number of aromatic nitrogens is 3. The van der Waals surface area contributed by atoms with E-state index in [0.717, 1.165) is 5.56 Å². The van der Waals surface area contributed by atoms with Crippen molar-refractivity contribution >= 4 is 23.3 Å². The second-order valence-corrected chi connectivity index (χ2v) is 4.55. The molecule has 2 heterocycles. The van der Waals surface area contributed by atoms with Gasteiger partial charge in [0.15, 0.2) is 0 Å². The zero-order chi connectivity index (χ0) is 13.8. The van der Waals surface area contributed by atoms with Gasteiger partial charge in [0.25, 0.3) is 0 Å². The first kappa shape index (κ1) is 13.1. The number of hydrogen-bond acceptors (Lipinski definition) is 7. The molecule has 2 aromatic rings. The second-order valence-electron chi connectivity index (χ2n) is 3.63. The number of aryl methyl sites for hydroxylation is 1. The van der Waals surface area contributed by atoms with Crippen molar-refractivity contribution in [2.45, 2.75) is 13.5 Å². The Hall–Kier alpha value is -2.29. The van der Waals surface area contributed by atoms with Crippen LogP contribution in [0, 0.1) is 17.0 Å². The molecule has 0 aliphatic carbocycles. The molecule has 0 fully saturated rings. The van der Waals surface area contributed by atoms with Crippen LogP contribution in [0.4, 0.5) is 5.95 Å². The lowest BCUT2D eigenvalue weighted by Gasteiger charge is -2.02. The quantitative estimate of drug-likeness (QED) is 0.467. The molecule has 0 bridgehead atoms. The van der Waals surface area contributed by atoms with Crippen LogP contribution in [-0.4, -0.2) is 32.3 Å². The highest BCUT2D eigenvalue weighted by Gasteiger charge is 2.14. The zero-order valence-electron chi connectivity index (χ0n) is 9.98. The van der Waals surface area contributed by atoms with Crippen LogP contribution in [0.25, 0.3) is 0 Å². The predicted molar refractivity (Wildman–Crippen MR) is 66.0 cm³/mol. The smallest absolute Gasteiger partial charge is 0.459 e. The Bertz CT molecular complexity index is 606. The van der Waals surface area contributed by atoms with Gasteiger partial charge < -0.3 is 14.9 Å². The minimum atomic E-state index is -0.683. The Labute approximate surface area is 111 Å². The lowest BCUT2D eigenvalue weighted by atomic mass is 10.3. The maximum absolute atomic E-state index is 11.7. The van der Waals surface area contributed by atoms with E-state index < -0.39 is 16.8 Å². The van der Waals surface area contributed by atoms with Crippen LogP contribution in [0.15, 0.2) is 17.8 Å². The standard InChI is InChI=1S/C10H10N4O4S/c1-7-2-5-19-8(7)9(15)18-4-3-13-6-11-10(12-13)14(16)17/h2,5-6H,3-4H2,1H3. The van der Waals surface area contributed by atoms with E-state index in [-0.39, 0.29) is 13.2 Å². The van der Waals surface area contributed by atoms with Crippen molar-refractivity contribution in [3.8, 4) is 0 Å². The van der Waals surface area contributed by atoms with Gasteiger partial charge in [0, 0.05) is 5.10 Å². The van der Waals surface area contributed by atoms with Gasteiger partial charge in [-0.1, -0.05) is 4.98 Å². The summed E-state index contributed by atoms with van der Waals surface area (Å²) in [6.45, 7) is 2.13. The van der Waals surface area contributed by atoms with Crippen LogP contribution in [0.2, 0.25) is 0 Å². The molecule has 0 N–H and O–H groups in total. The molecule has 0 aromatic carbocycles. The maximum atomic E-state index is 11.7. The highest BCUT2D eigenvalue weighted by atomic mass is 32.1. The summed E-state index contributed by atoms with van der Waals surface area (Å²) >= 11 is 1.31. The molecule has 2 aromatic heterocycles. The van der Waals surface area contributed by atoms with Crippen LogP contribution >= 0.6 is 11.3 Å². The first-order valence-electron chi connectivity index (χ1n) is 5.33. The largest absolute Gasteiger partial charge is 0.490 e. The van der Waals surface area contributed by atoms with E-state index >= 15 is 0 Å². The predicted octanol–water partition coefficient (Wildman–Crippen LogP) is 1.41. The molecule has 0 unspecified atom stereocenters. The fourth-order valence-electron chi connectivity index (χ4n) is 1.36. The lowest BCUT2D eigenvalue weighted by Crippen LogP contribution is -2.11. The van der Waals surface area contributed by atoms with Gasteiger partial charge in [-0.3, -0.25) is 0 Å². The normalized spacial score (nSPS) is 10.4. The van der Waals surface area contributed by atoms with E-state index in [2.05, 4.69) is 10.1 Å². The summed E-state index contributed by atoms with van der Waals surface area (Å²) in [6.07, 6.45) is 1.22. The molecule has 0 aliphatic heterocycles. The maximum Gasteiger partial charge on any atom is 0.490 e. The SMILES string of the molecule is Cc1ccsc1C(=O)OCCn1cnc([N+](=O)[O-])n1. The molecular weight excluding hydrogens is 272 g/mol. The number of carbonyl (C=O) groups excluding carboxylic acids is 1. The molecule has 0 saturated carbocycles. The number of carbonyl (C=O) groups is 1. The number of hydrogen-bond donors (Lipinski definition) is 0. The molecule has 19 heavy (non-hydrogen) atoms. The Morgan fingerprint density at radius 2 is 2.42 bits per heavy atom. The molecule has 9 heteroatoms. The van der Waals surface area contributed by atoms with Crippen molar-refractivity contribution in [2.24, 2.45) is 0 Å². The van der Waals surface area contributed by atoms with Gasteiger partial charge in [-0.25, -0.2) is 4.79 Å². The van der Waals surface area contributed by atoms with Gasteiger partial charge in [-0.05, 0) is 28.9 Å². The van der Waals surface area contributed by atoms with Crippen LogP contribution in [-0.2, 0) is 11.3 Å². The minimum absolute atomic E-state index is 0.0800. The van der Waals surface area contributed by atoms with Crippen molar-refractivity contribution in [3.05, 3.63) is 38.3 Å². The summed E-state index contributed by atoms with van der Waals surface area (Å²) in [7, 11) is 0. The van der Waals surface area contributed by atoms with Gasteiger partial charge in [-0.15, -0.1) is 11.3 Å². The van der Waals surface area contributed by atoms with Gasteiger partial charge >= 0.3 is 11.9 Å². The van der Waals surface area contributed by atoms with Crippen LogP contribution in [0.1, 0.15) is 15.2 Å². The fraction of sp³-hybridized carbons (Fsp3) is 0.300. The highest BCUT2D eigenvalue weighted by molar-refractivity contribution is 7.12. The number of rotatable bonds is 5. The number of nitrogens with zero attached hydrogens (tertiary/aromatic N) is 4. The van der Waals surface area contributed by atoms with E-state index in [1.165, 1.54) is 22.3 Å². The zero-order valence-corrected chi connectivity index (χ0v) is 10.8. The first-order chi connectivity index (χ1) is 9.08. The van der Waals surface area contributed by atoms with Crippen molar-refractivity contribution in [1.82, 2.24) is 14.8 Å². The minimum Gasteiger partial charge on any atom is -0.459 e. The summed E-state index contributed by atoms with van der Waals surface area (Å²) in [6, 6.07) is 1.84. The summed E-state index contributed by atoms with van der Waals surface area (Å²) in [5.74, 6) is -0.873. The van der Waals surface area contributed by atoms with Crippen molar-refractivity contribution in [2.75, 3.05) is 6.61 Å². The third-order valence-corrected chi connectivity index (χ3v) is 3.29. The van der Waals surface area contributed by atoms with Crippen molar-refractivity contribution in [1.29, 1.82) is 0 Å². The van der Waals surface area contributed by atoms with Crippen LogP contribution < -0.4 is 0 Å². The van der Waals surface area contributed by atoms with Gasteiger partial charge in [0.2, 0.25) is 6.33 Å². The summed E-state index contributed by atoms with van der Waals surface area (Å²) in [4.78, 5) is 25.4. The third-order valence-electron chi connectivity index (χ3n) is 2.29. The topological polar surface area (TPSA) is 100 Å². The van der Waals surface area contributed by atoms with Crippen LogP contribution in [0.5, 0.6) is 0 Å². The molecule has 8 nitrogen and oxygen atoms in total. The fourth-order valence-corrected chi connectivity index (χ4v) is 2.17. The lowest BCUT2D eigenvalue weighted by molar-refractivity contribution is -0.394. The Balaban J connectivity index is 1.85. The Morgan fingerprint density at radius 3 is 3.00 bits per heavy atom. The molecule has 0 aliphatic rings. The van der Waals surface area contributed by atoms with Gasteiger partial charge in [0.05, 0.1) is 6.54 Å². The molecule has 0 saturated heterocycles. The van der Waals surface area contributed by atoms with E-state index in [4.69, 9.17) is 4.74 Å². The van der Waals surface area contributed by atoms with Crippen LogP contribution in [0.3, 0.4) is 0 Å². The van der Waals surface area contributed by atoms with E-state index in [1.54, 1.807) is 0 Å². The molecule has 100 valence electrons. The molecule has 0 amide bonds. The number of nitro groups is 1. The Morgan fingerprint density at radius 1 is 1.63 bits per heavy atom. The van der Waals surface area contributed by atoms with E-state index in [0.29, 0.717) is 4.88 Å². The molecule has 0 atom stereocenters. The molecule has 2 rings (SSSR count). The molecule has 0 spiro atoms. The monoisotopic (exact) mass is 282 g/mol. The summed E-state index contributed by atoms with van der Waals surface area (Å²) < 4.78 is 6.31. The average Bonchev–Trinajstić information content (AvgIpc) is 2.97. The summed E-state index contributed by atoms with van der Waals surface area (Å²) in [5, 5.41) is 15.8. The molecular formula is C10H10N4O4S.